The third kappa shape index (κ3) is 2.65. The monoisotopic (exact) mass is 329 g/mol. The van der Waals surface area contributed by atoms with Crippen LogP contribution in [0.3, 0.4) is 0 Å². The number of hydrogen-bond acceptors (Lipinski definition) is 5. The molecule has 0 radical (unpaired) electrons. The Bertz CT molecular complexity index is 641. The van der Waals surface area contributed by atoms with Crippen molar-refractivity contribution in [3.8, 4) is 5.75 Å². The minimum Gasteiger partial charge on any atom is -0.497 e. The average molecular weight is 329 g/mol. The van der Waals surface area contributed by atoms with Crippen molar-refractivity contribution in [2.75, 3.05) is 27.1 Å². The van der Waals surface area contributed by atoms with E-state index in [1.54, 1.807) is 19.2 Å². The van der Waals surface area contributed by atoms with Gasteiger partial charge in [-0.3, -0.25) is 0 Å². The van der Waals surface area contributed by atoms with Crippen LogP contribution in [0.5, 0.6) is 5.75 Å². The number of thiocarbonyl (C=S) groups is 1. The number of benzene rings is 1. The number of rotatable bonds is 6. The summed E-state index contributed by atoms with van der Waals surface area (Å²) in [6.07, 6.45) is 1.21. The molecular formula is C14H19NO4S2. The quantitative estimate of drug-likeness (QED) is 0.788. The maximum absolute atomic E-state index is 12.1. The van der Waals surface area contributed by atoms with Crippen molar-refractivity contribution in [1.29, 1.82) is 0 Å². The highest BCUT2D eigenvalue weighted by atomic mass is 32.2. The molecule has 1 aromatic carbocycles. The van der Waals surface area contributed by atoms with Crippen molar-refractivity contribution in [3.63, 3.8) is 0 Å². The molecule has 0 amide bonds. The second kappa shape index (κ2) is 5.55. The van der Waals surface area contributed by atoms with Crippen molar-refractivity contribution in [2.24, 2.45) is 11.1 Å². The Labute approximate surface area is 130 Å². The van der Waals surface area contributed by atoms with E-state index in [0.717, 1.165) is 5.56 Å². The van der Waals surface area contributed by atoms with Crippen LogP contribution in [0.15, 0.2) is 24.3 Å². The molecule has 1 aromatic rings. The van der Waals surface area contributed by atoms with Gasteiger partial charge in [-0.1, -0.05) is 24.4 Å². The lowest BCUT2D eigenvalue weighted by atomic mass is 10.00. The molecule has 2 N–H and O–H groups in total. The maximum Gasteiger partial charge on any atom is 0.152 e. The second-order valence-electron chi connectivity index (χ2n) is 5.34. The van der Waals surface area contributed by atoms with Crippen molar-refractivity contribution >= 4 is 27.0 Å². The summed E-state index contributed by atoms with van der Waals surface area (Å²) in [4.78, 5) is 0.181. The predicted molar refractivity (Wildman–Crippen MR) is 85.5 cm³/mol. The lowest BCUT2D eigenvalue weighted by molar-refractivity contribution is 0.166. The minimum atomic E-state index is -3.30. The molecule has 1 aliphatic carbocycles. The molecule has 7 heteroatoms. The first-order chi connectivity index (χ1) is 9.79. The summed E-state index contributed by atoms with van der Waals surface area (Å²) in [5.74, 6) is 0.429. The summed E-state index contributed by atoms with van der Waals surface area (Å²) >= 11 is 5.14. The molecule has 1 fully saturated rings. The Balaban J connectivity index is 2.46. The average Bonchev–Trinajstić information content (AvgIpc) is 3.10. The first kappa shape index (κ1) is 16.2. The lowest BCUT2D eigenvalue weighted by Crippen LogP contribution is -2.32. The van der Waals surface area contributed by atoms with Crippen molar-refractivity contribution in [3.05, 3.63) is 29.8 Å². The van der Waals surface area contributed by atoms with Crippen LogP contribution in [0.1, 0.15) is 11.5 Å². The van der Waals surface area contributed by atoms with E-state index in [9.17, 15) is 8.42 Å². The molecule has 0 saturated heterocycles. The Morgan fingerprint density at radius 2 is 1.90 bits per heavy atom. The van der Waals surface area contributed by atoms with E-state index < -0.39 is 20.5 Å². The van der Waals surface area contributed by atoms with E-state index in [-0.39, 0.29) is 17.5 Å². The Morgan fingerprint density at radius 3 is 2.29 bits per heavy atom. The molecule has 3 atom stereocenters. The van der Waals surface area contributed by atoms with E-state index in [1.807, 2.05) is 12.1 Å². The van der Waals surface area contributed by atoms with Gasteiger partial charge in [0.1, 0.15) is 5.75 Å². The zero-order valence-corrected chi connectivity index (χ0v) is 13.8. The fraction of sp³-hybridized carbons (Fsp3) is 0.500. The lowest BCUT2D eigenvalue weighted by Gasteiger charge is -2.15. The van der Waals surface area contributed by atoms with E-state index in [4.69, 9.17) is 27.4 Å². The zero-order chi connectivity index (χ0) is 15.8. The molecular weight excluding hydrogens is 310 g/mol. The molecule has 2 rings (SSSR count). The number of sulfone groups is 1. The molecule has 116 valence electrons. The van der Waals surface area contributed by atoms with Gasteiger partial charge in [0.25, 0.3) is 0 Å². The van der Waals surface area contributed by atoms with Gasteiger partial charge in [0.05, 0.1) is 29.4 Å². The van der Waals surface area contributed by atoms with Crippen LogP contribution >= 0.6 is 12.2 Å². The van der Waals surface area contributed by atoms with Gasteiger partial charge in [-0.15, -0.1) is 0 Å². The SMILES string of the molecule is COC[C@]1(C(N)=S)[C@H](c2ccc(OC)cc2)[C@H]1S(C)(=O)=O. The van der Waals surface area contributed by atoms with Crippen LogP contribution in [-0.2, 0) is 14.6 Å². The largest absolute Gasteiger partial charge is 0.497 e. The summed E-state index contributed by atoms with van der Waals surface area (Å²) in [5.41, 5.74) is 5.90. The number of hydrogen-bond donors (Lipinski definition) is 1. The van der Waals surface area contributed by atoms with Crippen LogP contribution in [0.4, 0.5) is 0 Å². The van der Waals surface area contributed by atoms with Gasteiger partial charge in [0.2, 0.25) is 0 Å². The smallest absolute Gasteiger partial charge is 0.152 e. The maximum atomic E-state index is 12.1. The van der Waals surface area contributed by atoms with Gasteiger partial charge >= 0.3 is 0 Å². The summed E-state index contributed by atoms with van der Waals surface area (Å²) in [5, 5.41) is -0.643. The Hall–Kier alpha value is -1.18. The normalized spacial score (nSPS) is 28.1. The van der Waals surface area contributed by atoms with Crippen LogP contribution in [0.2, 0.25) is 0 Å². The fourth-order valence-electron chi connectivity index (χ4n) is 3.09. The Kier molecular flexibility index (Phi) is 4.28. The highest BCUT2D eigenvalue weighted by molar-refractivity contribution is 7.92. The first-order valence-electron chi connectivity index (χ1n) is 6.40. The highest BCUT2D eigenvalue weighted by Gasteiger charge is 2.71. The van der Waals surface area contributed by atoms with Crippen molar-refractivity contribution in [1.82, 2.24) is 0 Å². The van der Waals surface area contributed by atoms with Gasteiger partial charge in [-0.25, -0.2) is 8.42 Å². The predicted octanol–water partition coefficient (Wildman–Crippen LogP) is 1.12. The molecule has 0 bridgehead atoms. The Morgan fingerprint density at radius 1 is 1.33 bits per heavy atom. The van der Waals surface area contributed by atoms with Crippen molar-refractivity contribution in [2.45, 2.75) is 11.2 Å². The third-order valence-corrected chi connectivity index (χ3v) is 6.03. The number of nitrogens with two attached hydrogens (primary N) is 1. The van der Waals surface area contributed by atoms with Gasteiger partial charge < -0.3 is 15.2 Å². The molecule has 0 aliphatic heterocycles. The minimum absolute atomic E-state index is 0.181. The van der Waals surface area contributed by atoms with Crippen LogP contribution in [-0.4, -0.2) is 45.7 Å². The second-order valence-corrected chi connectivity index (χ2v) is 7.95. The van der Waals surface area contributed by atoms with Gasteiger partial charge in [-0.05, 0) is 17.7 Å². The molecule has 0 unspecified atom stereocenters. The number of methoxy groups -OCH3 is 2. The first-order valence-corrected chi connectivity index (χ1v) is 8.77. The molecule has 1 aliphatic rings. The molecule has 5 nitrogen and oxygen atoms in total. The molecule has 0 heterocycles. The zero-order valence-electron chi connectivity index (χ0n) is 12.2. The summed E-state index contributed by atoms with van der Waals surface area (Å²) in [7, 11) is -0.201. The van der Waals surface area contributed by atoms with E-state index in [0.29, 0.717) is 5.75 Å². The van der Waals surface area contributed by atoms with Gasteiger partial charge in [-0.2, -0.15) is 0 Å². The van der Waals surface area contributed by atoms with Crippen LogP contribution < -0.4 is 10.5 Å². The van der Waals surface area contributed by atoms with E-state index >= 15 is 0 Å². The number of ether oxygens (including phenoxy) is 2. The molecule has 0 spiro atoms. The molecule has 21 heavy (non-hydrogen) atoms. The van der Waals surface area contributed by atoms with Crippen LogP contribution in [0.25, 0.3) is 0 Å². The fourth-order valence-corrected chi connectivity index (χ4v) is 5.40. The van der Waals surface area contributed by atoms with E-state index in [1.165, 1.54) is 13.4 Å². The van der Waals surface area contributed by atoms with Crippen molar-refractivity contribution < 1.29 is 17.9 Å². The topological polar surface area (TPSA) is 78.6 Å². The highest BCUT2D eigenvalue weighted by Crippen LogP contribution is 2.63. The summed E-state index contributed by atoms with van der Waals surface area (Å²) in [6, 6.07) is 7.28. The third-order valence-electron chi connectivity index (χ3n) is 4.03. The summed E-state index contributed by atoms with van der Waals surface area (Å²) < 4.78 is 34.5. The summed E-state index contributed by atoms with van der Waals surface area (Å²) in [6.45, 7) is 0.191. The van der Waals surface area contributed by atoms with Gasteiger partial charge in [0.15, 0.2) is 9.84 Å². The molecule has 0 aromatic heterocycles. The van der Waals surface area contributed by atoms with E-state index in [2.05, 4.69) is 0 Å². The standard InChI is InChI=1S/C14H19NO4S2/c1-18-8-14(13(15)20)11(12(14)21(3,16)17)9-4-6-10(19-2)7-5-9/h4-7,11-12H,8H2,1-3H3,(H2,15,20)/t11-,12-,14+/m1/s1. The van der Waals surface area contributed by atoms with Crippen LogP contribution in [0, 0.1) is 5.41 Å². The van der Waals surface area contributed by atoms with Gasteiger partial charge in [0, 0.05) is 19.3 Å². The molecule has 1 saturated carbocycles.